The molecule has 0 amide bonds. The fraction of sp³-hybridized carbons (Fsp3) is 0.333. The average molecular weight is 365 g/mol. The lowest BCUT2D eigenvalue weighted by molar-refractivity contribution is 0.372. The van der Waals surface area contributed by atoms with Gasteiger partial charge in [0.25, 0.3) is 0 Å². The predicted molar refractivity (Wildman–Crippen MR) is 97.7 cm³/mol. The van der Waals surface area contributed by atoms with Gasteiger partial charge in [-0.25, -0.2) is 13.1 Å². The first-order valence-corrected chi connectivity index (χ1v) is 9.98. The molecule has 0 atom stereocenters. The van der Waals surface area contributed by atoms with E-state index >= 15 is 0 Å². The Labute approximate surface area is 148 Å². The molecule has 1 aliphatic heterocycles. The molecule has 2 aromatic rings. The van der Waals surface area contributed by atoms with Gasteiger partial charge >= 0.3 is 0 Å². The monoisotopic (exact) mass is 364 g/mol. The summed E-state index contributed by atoms with van der Waals surface area (Å²) in [6, 6.07) is 14.3. The molecule has 0 bridgehead atoms. The maximum atomic E-state index is 12.8. The molecule has 0 unspecified atom stereocenters. The Morgan fingerprint density at radius 2 is 1.83 bits per heavy atom. The van der Waals surface area contributed by atoms with Crippen molar-refractivity contribution >= 4 is 21.6 Å². The smallest absolute Gasteiger partial charge is 0.241 e. The molecule has 0 saturated carbocycles. The zero-order valence-corrected chi connectivity index (χ0v) is 14.9. The van der Waals surface area contributed by atoms with E-state index in [9.17, 15) is 8.42 Å². The summed E-state index contributed by atoms with van der Waals surface area (Å²) < 4.78 is 28.4. The summed E-state index contributed by atoms with van der Waals surface area (Å²) in [6.45, 7) is 2.38. The zero-order chi connectivity index (χ0) is 17.0. The van der Waals surface area contributed by atoms with E-state index in [1.807, 2.05) is 24.3 Å². The van der Waals surface area contributed by atoms with E-state index in [2.05, 4.69) is 10.0 Å². The molecular weight excluding hydrogens is 344 g/mol. The average Bonchev–Trinajstić information content (AvgIpc) is 2.61. The number of nitrogens with one attached hydrogen (secondary N) is 2. The van der Waals surface area contributed by atoms with Crippen LogP contribution in [0.1, 0.15) is 12.8 Å². The second-order valence-corrected chi connectivity index (χ2v) is 8.22. The molecule has 1 heterocycles. The van der Waals surface area contributed by atoms with Crippen LogP contribution in [0, 0.1) is 5.92 Å². The summed E-state index contributed by atoms with van der Waals surface area (Å²) in [5.74, 6) is 0.388. The maximum absolute atomic E-state index is 12.8. The first-order valence-electron chi connectivity index (χ1n) is 8.11. The third-order valence-corrected chi connectivity index (χ3v) is 6.05. The van der Waals surface area contributed by atoms with Gasteiger partial charge in [0.2, 0.25) is 10.0 Å². The van der Waals surface area contributed by atoms with E-state index in [0.29, 0.717) is 27.9 Å². The van der Waals surface area contributed by atoms with Crippen molar-refractivity contribution < 1.29 is 8.42 Å². The SMILES string of the molecule is O=S(=O)(NCC1CCNCC1)c1ccccc1-c1cccc(Cl)c1. The van der Waals surface area contributed by atoms with Crippen LogP contribution in [0.2, 0.25) is 5.02 Å². The van der Waals surface area contributed by atoms with Crippen molar-refractivity contribution in [1.29, 1.82) is 0 Å². The minimum atomic E-state index is -3.56. The van der Waals surface area contributed by atoms with Gasteiger partial charge in [-0.15, -0.1) is 0 Å². The molecule has 0 aromatic heterocycles. The summed E-state index contributed by atoms with van der Waals surface area (Å²) in [6.07, 6.45) is 2.00. The van der Waals surface area contributed by atoms with E-state index in [1.165, 1.54) is 0 Å². The van der Waals surface area contributed by atoms with Crippen molar-refractivity contribution in [2.75, 3.05) is 19.6 Å². The number of piperidine rings is 1. The highest BCUT2D eigenvalue weighted by atomic mass is 35.5. The topological polar surface area (TPSA) is 58.2 Å². The van der Waals surface area contributed by atoms with Gasteiger partial charge in [-0.1, -0.05) is 41.9 Å². The second-order valence-electron chi connectivity index (χ2n) is 6.05. The molecule has 6 heteroatoms. The molecular formula is C18H21ClN2O2S. The number of rotatable bonds is 5. The minimum absolute atomic E-state index is 0.293. The summed E-state index contributed by atoms with van der Waals surface area (Å²) in [7, 11) is -3.56. The van der Waals surface area contributed by atoms with Crippen molar-refractivity contribution in [1.82, 2.24) is 10.0 Å². The van der Waals surface area contributed by atoms with Gasteiger partial charge in [0.15, 0.2) is 0 Å². The number of benzene rings is 2. The van der Waals surface area contributed by atoms with Crippen LogP contribution >= 0.6 is 11.6 Å². The molecule has 0 radical (unpaired) electrons. The van der Waals surface area contributed by atoms with Crippen molar-refractivity contribution in [3.05, 3.63) is 53.6 Å². The Balaban J connectivity index is 1.85. The molecule has 0 aliphatic carbocycles. The molecule has 2 aromatic carbocycles. The lowest BCUT2D eigenvalue weighted by atomic mass is 9.99. The molecule has 1 saturated heterocycles. The Morgan fingerprint density at radius 3 is 2.58 bits per heavy atom. The maximum Gasteiger partial charge on any atom is 0.241 e. The molecule has 128 valence electrons. The molecule has 1 fully saturated rings. The Bertz CT molecular complexity index is 802. The van der Waals surface area contributed by atoms with Crippen molar-refractivity contribution in [3.8, 4) is 11.1 Å². The van der Waals surface area contributed by atoms with Gasteiger partial charge in [-0.05, 0) is 55.6 Å². The molecule has 1 aliphatic rings. The molecule has 4 nitrogen and oxygen atoms in total. The highest BCUT2D eigenvalue weighted by Gasteiger charge is 2.21. The highest BCUT2D eigenvalue weighted by Crippen LogP contribution is 2.29. The fourth-order valence-electron chi connectivity index (χ4n) is 2.99. The lowest BCUT2D eigenvalue weighted by Crippen LogP contribution is -2.36. The highest BCUT2D eigenvalue weighted by molar-refractivity contribution is 7.89. The van der Waals surface area contributed by atoms with E-state index in [-0.39, 0.29) is 0 Å². The summed E-state index contributed by atoms with van der Waals surface area (Å²) in [5.41, 5.74) is 1.46. The van der Waals surface area contributed by atoms with Crippen molar-refractivity contribution in [2.45, 2.75) is 17.7 Å². The van der Waals surface area contributed by atoms with Crippen LogP contribution < -0.4 is 10.0 Å². The van der Waals surface area contributed by atoms with Gasteiger partial charge in [-0.2, -0.15) is 0 Å². The summed E-state index contributed by atoms with van der Waals surface area (Å²) in [4.78, 5) is 0.293. The number of halogens is 1. The minimum Gasteiger partial charge on any atom is -0.317 e. The summed E-state index contributed by atoms with van der Waals surface area (Å²) >= 11 is 6.05. The van der Waals surface area contributed by atoms with E-state index in [4.69, 9.17) is 11.6 Å². The number of hydrogen-bond donors (Lipinski definition) is 2. The van der Waals surface area contributed by atoms with E-state index < -0.39 is 10.0 Å². The van der Waals surface area contributed by atoms with E-state index in [1.54, 1.807) is 24.3 Å². The molecule has 3 rings (SSSR count). The van der Waals surface area contributed by atoms with Crippen LogP contribution in [0.15, 0.2) is 53.4 Å². The Hall–Kier alpha value is -1.40. The second kappa shape index (κ2) is 7.66. The lowest BCUT2D eigenvalue weighted by Gasteiger charge is -2.23. The first kappa shape index (κ1) is 17.4. The van der Waals surface area contributed by atoms with Crippen LogP contribution in [-0.4, -0.2) is 28.1 Å². The molecule has 24 heavy (non-hydrogen) atoms. The first-order chi connectivity index (χ1) is 11.6. The van der Waals surface area contributed by atoms with Crippen molar-refractivity contribution in [2.24, 2.45) is 5.92 Å². The van der Waals surface area contributed by atoms with Gasteiger partial charge in [0.05, 0.1) is 4.90 Å². The van der Waals surface area contributed by atoms with Crippen LogP contribution in [0.25, 0.3) is 11.1 Å². The Morgan fingerprint density at radius 1 is 1.08 bits per heavy atom. The quantitative estimate of drug-likeness (QED) is 0.855. The van der Waals surface area contributed by atoms with Gasteiger partial charge < -0.3 is 5.32 Å². The van der Waals surface area contributed by atoms with Gasteiger partial charge in [-0.3, -0.25) is 0 Å². The Kier molecular flexibility index (Phi) is 5.56. The normalized spacial score (nSPS) is 16.2. The van der Waals surface area contributed by atoms with Gasteiger partial charge in [0.1, 0.15) is 0 Å². The van der Waals surface area contributed by atoms with Crippen LogP contribution in [0.3, 0.4) is 0 Å². The van der Waals surface area contributed by atoms with Gasteiger partial charge in [0, 0.05) is 17.1 Å². The third-order valence-electron chi connectivity index (χ3n) is 4.33. The summed E-state index contributed by atoms with van der Waals surface area (Å²) in [5, 5.41) is 3.88. The van der Waals surface area contributed by atoms with Crippen LogP contribution in [0.5, 0.6) is 0 Å². The number of hydrogen-bond acceptors (Lipinski definition) is 3. The molecule has 0 spiro atoms. The third kappa shape index (κ3) is 4.16. The van der Waals surface area contributed by atoms with Crippen LogP contribution in [0.4, 0.5) is 0 Å². The fourth-order valence-corrected chi connectivity index (χ4v) is 4.52. The van der Waals surface area contributed by atoms with E-state index in [0.717, 1.165) is 31.5 Å². The largest absolute Gasteiger partial charge is 0.317 e. The van der Waals surface area contributed by atoms with Crippen LogP contribution in [-0.2, 0) is 10.0 Å². The standard InChI is InChI=1S/C18H21ClN2O2S/c19-16-5-3-4-15(12-16)17-6-1-2-7-18(17)24(22,23)21-13-14-8-10-20-11-9-14/h1-7,12,14,20-21H,8-11,13H2. The molecule has 2 N–H and O–H groups in total. The number of sulfonamides is 1. The predicted octanol–water partition coefficient (Wildman–Crippen LogP) is 3.28. The zero-order valence-electron chi connectivity index (χ0n) is 13.3. The van der Waals surface area contributed by atoms with Crippen molar-refractivity contribution in [3.63, 3.8) is 0 Å².